The minimum absolute atomic E-state index is 0.0459. The Balaban J connectivity index is 1.82. The molecule has 1 aliphatic heterocycles. The number of carboxylic acid groups (broad SMARTS) is 1. The van der Waals surface area contributed by atoms with Crippen LogP contribution in [-0.2, 0) is 9.59 Å². The van der Waals surface area contributed by atoms with E-state index in [-0.39, 0.29) is 18.5 Å². The van der Waals surface area contributed by atoms with Crippen LogP contribution in [0, 0.1) is 0 Å². The van der Waals surface area contributed by atoms with Crippen LogP contribution in [0.5, 0.6) is 5.75 Å². The van der Waals surface area contributed by atoms with Gasteiger partial charge >= 0.3 is 5.97 Å². The summed E-state index contributed by atoms with van der Waals surface area (Å²) in [6.07, 6.45) is 2.65. The highest BCUT2D eigenvalue weighted by Gasteiger charge is 2.23. The van der Waals surface area contributed by atoms with Crippen LogP contribution in [0.1, 0.15) is 19.3 Å². The Morgan fingerprint density at radius 2 is 2.16 bits per heavy atom. The molecule has 0 aromatic heterocycles. The Bertz CT molecular complexity index is 596. The lowest BCUT2D eigenvalue weighted by Gasteiger charge is -2.25. The minimum Gasteiger partial charge on any atom is -0.497 e. The lowest BCUT2D eigenvalue weighted by atomic mass is 10.1. The number of likely N-dealkylation sites (tertiary alicyclic amines) is 1. The van der Waals surface area contributed by atoms with Crippen LogP contribution >= 0.6 is 11.8 Å². The maximum Gasteiger partial charge on any atom is 0.317 e. The van der Waals surface area contributed by atoms with Gasteiger partial charge in [-0.25, -0.2) is 0 Å². The largest absolute Gasteiger partial charge is 0.497 e. The number of carboxylic acids is 1. The lowest BCUT2D eigenvalue weighted by Crippen LogP contribution is -2.37. The third-order valence-electron chi connectivity index (χ3n) is 4.46. The van der Waals surface area contributed by atoms with Crippen molar-refractivity contribution >= 4 is 23.6 Å². The van der Waals surface area contributed by atoms with Crippen LogP contribution in [0.4, 0.5) is 0 Å². The van der Waals surface area contributed by atoms with Gasteiger partial charge in [0.05, 0.1) is 19.4 Å². The van der Waals surface area contributed by atoms with E-state index in [4.69, 9.17) is 9.84 Å². The van der Waals surface area contributed by atoms with Crippen LogP contribution in [0.2, 0.25) is 0 Å². The molecule has 138 valence electrons. The summed E-state index contributed by atoms with van der Waals surface area (Å²) in [7, 11) is 3.47. The van der Waals surface area contributed by atoms with Crippen LogP contribution < -0.4 is 4.74 Å². The van der Waals surface area contributed by atoms with E-state index in [0.29, 0.717) is 12.3 Å². The summed E-state index contributed by atoms with van der Waals surface area (Å²) in [4.78, 5) is 28.2. The molecule has 1 unspecified atom stereocenters. The molecule has 1 aliphatic rings. The molecular formula is C18H26N2O4S. The summed E-state index contributed by atoms with van der Waals surface area (Å²) in [6, 6.07) is 7.92. The Morgan fingerprint density at radius 3 is 2.88 bits per heavy atom. The number of carbonyl (C=O) groups is 2. The van der Waals surface area contributed by atoms with Crippen LogP contribution in [0.25, 0.3) is 0 Å². The van der Waals surface area contributed by atoms with Gasteiger partial charge in [-0.05, 0) is 44.5 Å². The van der Waals surface area contributed by atoms with Gasteiger partial charge in [0.1, 0.15) is 5.75 Å². The van der Waals surface area contributed by atoms with Crippen molar-refractivity contribution in [2.45, 2.75) is 30.2 Å². The van der Waals surface area contributed by atoms with E-state index in [1.54, 1.807) is 7.11 Å². The number of benzene rings is 1. The van der Waals surface area contributed by atoms with E-state index in [9.17, 15) is 9.59 Å². The molecule has 0 saturated carbocycles. The molecule has 1 saturated heterocycles. The van der Waals surface area contributed by atoms with Crippen LogP contribution in [0.15, 0.2) is 29.2 Å². The van der Waals surface area contributed by atoms with Crippen molar-refractivity contribution in [3.63, 3.8) is 0 Å². The van der Waals surface area contributed by atoms with Gasteiger partial charge in [-0.1, -0.05) is 6.07 Å². The fourth-order valence-electron chi connectivity index (χ4n) is 3.04. The van der Waals surface area contributed by atoms with Gasteiger partial charge in [-0.15, -0.1) is 11.8 Å². The number of hydrogen-bond acceptors (Lipinski definition) is 5. The summed E-state index contributed by atoms with van der Waals surface area (Å²) in [5.41, 5.74) is 0. The zero-order chi connectivity index (χ0) is 18.2. The molecular weight excluding hydrogens is 340 g/mol. The second-order valence-electron chi connectivity index (χ2n) is 6.24. The predicted molar refractivity (Wildman–Crippen MR) is 98.2 cm³/mol. The van der Waals surface area contributed by atoms with E-state index in [1.165, 1.54) is 11.8 Å². The second kappa shape index (κ2) is 9.68. The van der Waals surface area contributed by atoms with Gasteiger partial charge in [0.25, 0.3) is 0 Å². The number of rotatable bonds is 7. The number of hydrogen-bond donors (Lipinski definition) is 1. The Labute approximate surface area is 153 Å². The lowest BCUT2D eigenvalue weighted by molar-refractivity contribution is -0.138. The van der Waals surface area contributed by atoms with E-state index >= 15 is 0 Å². The van der Waals surface area contributed by atoms with Gasteiger partial charge in [0.2, 0.25) is 5.91 Å². The molecule has 7 heteroatoms. The highest BCUT2D eigenvalue weighted by Crippen LogP contribution is 2.24. The number of carbonyl (C=O) groups excluding carboxylic acids is 1. The summed E-state index contributed by atoms with van der Waals surface area (Å²) in [5, 5.41) is 8.92. The smallest absolute Gasteiger partial charge is 0.317 e. The number of methoxy groups -OCH3 is 1. The first-order valence-electron chi connectivity index (χ1n) is 8.46. The summed E-state index contributed by atoms with van der Waals surface area (Å²) in [5.74, 6) is 0.517. The van der Waals surface area contributed by atoms with Crippen molar-refractivity contribution in [1.29, 1.82) is 0 Å². The number of ether oxygens (including phenoxy) is 1. The van der Waals surface area contributed by atoms with Crippen molar-refractivity contribution in [3.8, 4) is 5.75 Å². The SMILES string of the molecule is COc1cccc(SCC(=O)N2CCCC(N(C)CC(=O)O)CC2)c1. The molecule has 0 aliphatic carbocycles. The molecule has 0 radical (unpaired) electrons. The first-order valence-corrected chi connectivity index (χ1v) is 9.45. The van der Waals surface area contributed by atoms with Crippen molar-refractivity contribution in [2.75, 3.05) is 39.5 Å². The quantitative estimate of drug-likeness (QED) is 0.746. The van der Waals surface area contributed by atoms with E-state index in [2.05, 4.69) is 0 Å². The Kier molecular flexibility index (Phi) is 7.58. The highest BCUT2D eigenvalue weighted by molar-refractivity contribution is 8.00. The molecule has 1 aromatic rings. The third kappa shape index (κ3) is 6.25. The molecule has 0 bridgehead atoms. The molecule has 25 heavy (non-hydrogen) atoms. The molecule has 1 aromatic carbocycles. The van der Waals surface area contributed by atoms with Gasteiger partial charge in [0.15, 0.2) is 0 Å². The van der Waals surface area contributed by atoms with Gasteiger partial charge in [-0.3, -0.25) is 14.5 Å². The predicted octanol–water partition coefficient (Wildman–Crippen LogP) is 2.18. The summed E-state index contributed by atoms with van der Waals surface area (Å²) >= 11 is 1.51. The molecule has 1 N–H and O–H groups in total. The Morgan fingerprint density at radius 1 is 1.36 bits per heavy atom. The van der Waals surface area contributed by atoms with Crippen molar-refractivity contribution in [2.24, 2.45) is 0 Å². The summed E-state index contributed by atoms with van der Waals surface area (Å²) in [6.45, 7) is 1.48. The zero-order valence-corrected chi connectivity index (χ0v) is 15.6. The monoisotopic (exact) mass is 366 g/mol. The highest BCUT2D eigenvalue weighted by atomic mass is 32.2. The number of amides is 1. The van der Waals surface area contributed by atoms with Crippen LogP contribution in [-0.4, -0.2) is 72.4 Å². The first-order chi connectivity index (χ1) is 12.0. The Hall–Kier alpha value is -1.73. The molecule has 0 spiro atoms. The maximum absolute atomic E-state index is 12.5. The number of thioether (sulfide) groups is 1. The number of aliphatic carboxylic acids is 1. The van der Waals surface area contributed by atoms with E-state index < -0.39 is 5.97 Å². The maximum atomic E-state index is 12.5. The third-order valence-corrected chi connectivity index (χ3v) is 5.44. The normalized spacial score (nSPS) is 18.0. The second-order valence-corrected chi connectivity index (χ2v) is 7.29. The molecule has 2 rings (SSSR count). The standard InChI is InChI=1S/C18H26N2O4S/c1-19(12-18(22)23)14-5-4-9-20(10-8-14)17(21)13-25-16-7-3-6-15(11-16)24-2/h3,6-7,11,14H,4-5,8-10,12-13H2,1-2H3,(H,22,23). The first kappa shape index (κ1) is 19.6. The van der Waals surface area contributed by atoms with Crippen LogP contribution in [0.3, 0.4) is 0 Å². The molecule has 1 amide bonds. The van der Waals surface area contributed by atoms with E-state index in [0.717, 1.165) is 36.5 Å². The fraction of sp³-hybridized carbons (Fsp3) is 0.556. The summed E-state index contributed by atoms with van der Waals surface area (Å²) < 4.78 is 5.20. The van der Waals surface area contributed by atoms with Crippen molar-refractivity contribution in [3.05, 3.63) is 24.3 Å². The van der Waals surface area contributed by atoms with E-state index in [1.807, 2.05) is 41.1 Å². The van der Waals surface area contributed by atoms with Gasteiger partial charge < -0.3 is 14.7 Å². The van der Waals surface area contributed by atoms with Gasteiger partial charge in [-0.2, -0.15) is 0 Å². The number of likely N-dealkylation sites (N-methyl/N-ethyl adjacent to an activating group) is 1. The number of nitrogens with zero attached hydrogens (tertiary/aromatic N) is 2. The molecule has 1 heterocycles. The average Bonchev–Trinajstić information content (AvgIpc) is 2.85. The van der Waals surface area contributed by atoms with Gasteiger partial charge in [0, 0.05) is 24.0 Å². The molecule has 1 atom stereocenters. The topological polar surface area (TPSA) is 70.1 Å². The minimum atomic E-state index is -0.811. The van der Waals surface area contributed by atoms with Crippen molar-refractivity contribution in [1.82, 2.24) is 9.80 Å². The molecule has 1 fully saturated rings. The van der Waals surface area contributed by atoms with Crippen molar-refractivity contribution < 1.29 is 19.4 Å². The molecule has 6 nitrogen and oxygen atoms in total. The average molecular weight is 366 g/mol. The zero-order valence-electron chi connectivity index (χ0n) is 14.8. The fourth-order valence-corrected chi connectivity index (χ4v) is 3.89.